The van der Waals surface area contributed by atoms with E-state index in [0.717, 1.165) is 42.9 Å². The van der Waals surface area contributed by atoms with Crippen molar-refractivity contribution < 1.29 is 15.0 Å². The Morgan fingerprint density at radius 1 is 1.00 bits per heavy atom. The molecular formula is C24H40O3. The van der Waals surface area contributed by atoms with Crippen LogP contribution in [0, 0.1) is 46.3 Å². The van der Waals surface area contributed by atoms with Crippen molar-refractivity contribution in [2.75, 3.05) is 0 Å². The van der Waals surface area contributed by atoms with E-state index in [4.69, 9.17) is 5.11 Å². The fourth-order valence-electron chi connectivity index (χ4n) is 8.76. The summed E-state index contributed by atoms with van der Waals surface area (Å²) in [5.41, 5.74) is 0.882. The number of hydrogen-bond donors (Lipinski definition) is 2. The van der Waals surface area contributed by atoms with Crippen LogP contribution in [0.4, 0.5) is 0 Å². The molecule has 3 heteroatoms. The zero-order valence-electron chi connectivity index (χ0n) is 17.6. The molecule has 0 aromatic rings. The third-order valence-corrected chi connectivity index (χ3v) is 10.2. The minimum Gasteiger partial charge on any atom is -0.481 e. The number of aliphatic hydroxyl groups excluding tert-OH is 1. The van der Waals surface area contributed by atoms with E-state index >= 15 is 0 Å². The molecule has 3 nitrogen and oxygen atoms in total. The molecule has 2 unspecified atom stereocenters. The molecule has 4 aliphatic carbocycles. The highest BCUT2D eigenvalue weighted by Crippen LogP contribution is 2.68. The summed E-state index contributed by atoms with van der Waals surface area (Å²) in [6.45, 7) is 7.43. The maximum Gasteiger partial charge on any atom is 0.303 e. The highest BCUT2D eigenvalue weighted by molar-refractivity contribution is 5.66. The van der Waals surface area contributed by atoms with E-state index in [-0.39, 0.29) is 6.10 Å². The number of aliphatic hydroxyl groups is 1. The monoisotopic (exact) mass is 376 g/mol. The zero-order valence-corrected chi connectivity index (χ0v) is 17.6. The number of carbonyl (C=O) groups is 1. The van der Waals surface area contributed by atoms with Gasteiger partial charge >= 0.3 is 5.97 Å². The molecule has 0 aromatic heterocycles. The molecule has 154 valence electrons. The number of hydrogen-bond acceptors (Lipinski definition) is 2. The predicted octanol–water partition coefficient (Wildman–Crippen LogP) is 5.51. The van der Waals surface area contributed by atoms with E-state index in [2.05, 4.69) is 20.8 Å². The average Bonchev–Trinajstić information content (AvgIpc) is 2.97. The van der Waals surface area contributed by atoms with Gasteiger partial charge in [-0.1, -0.05) is 20.8 Å². The molecule has 0 heterocycles. The third kappa shape index (κ3) is 3.16. The van der Waals surface area contributed by atoms with Gasteiger partial charge in [-0.15, -0.1) is 0 Å². The molecule has 4 aliphatic rings. The number of carboxylic acids is 1. The molecule has 9 atom stereocenters. The van der Waals surface area contributed by atoms with Crippen LogP contribution in [0.5, 0.6) is 0 Å². The van der Waals surface area contributed by atoms with E-state index < -0.39 is 5.97 Å². The van der Waals surface area contributed by atoms with Crippen molar-refractivity contribution in [1.82, 2.24) is 0 Å². The van der Waals surface area contributed by atoms with Crippen molar-refractivity contribution in [1.29, 1.82) is 0 Å². The minimum absolute atomic E-state index is 0.0561. The van der Waals surface area contributed by atoms with Gasteiger partial charge in [0.25, 0.3) is 0 Å². The van der Waals surface area contributed by atoms with Crippen LogP contribution in [0.2, 0.25) is 0 Å². The first-order valence-corrected chi connectivity index (χ1v) is 11.7. The second-order valence-electron chi connectivity index (χ2n) is 11.2. The molecule has 0 spiro atoms. The lowest BCUT2D eigenvalue weighted by molar-refractivity contribution is -0.138. The van der Waals surface area contributed by atoms with Gasteiger partial charge in [0, 0.05) is 6.42 Å². The van der Waals surface area contributed by atoms with Crippen molar-refractivity contribution >= 4 is 5.97 Å². The first-order chi connectivity index (χ1) is 12.8. The lowest BCUT2D eigenvalue weighted by Crippen LogP contribution is -2.54. The molecule has 0 radical (unpaired) electrons. The molecule has 0 bridgehead atoms. The Labute approximate surface area is 165 Å². The first kappa shape index (κ1) is 19.7. The highest BCUT2D eigenvalue weighted by atomic mass is 16.4. The van der Waals surface area contributed by atoms with Crippen LogP contribution in [0.1, 0.15) is 91.4 Å². The zero-order chi connectivity index (χ0) is 19.4. The molecule has 0 aromatic carbocycles. The third-order valence-electron chi connectivity index (χ3n) is 10.2. The largest absolute Gasteiger partial charge is 0.481 e. The Hall–Kier alpha value is -0.570. The Kier molecular flexibility index (Phi) is 5.15. The lowest BCUT2D eigenvalue weighted by atomic mass is 9.44. The SMILES string of the molecule is C[C@H](CCC(=O)O)[C@H]1CC[C@H]2[C@@H]3CCC4CC(O)CC[C@]4(C)[C@H]3CC[C@]12C. The van der Waals surface area contributed by atoms with Crippen molar-refractivity contribution in [2.45, 2.75) is 97.5 Å². The molecular weight excluding hydrogens is 336 g/mol. The van der Waals surface area contributed by atoms with Gasteiger partial charge in [0.2, 0.25) is 0 Å². The number of carboxylic acid groups (broad SMARTS) is 1. The van der Waals surface area contributed by atoms with Gasteiger partial charge in [0.05, 0.1) is 6.10 Å². The number of aliphatic carboxylic acids is 1. The van der Waals surface area contributed by atoms with E-state index in [0.29, 0.717) is 29.1 Å². The van der Waals surface area contributed by atoms with Gasteiger partial charge in [-0.25, -0.2) is 0 Å². The molecule has 4 fully saturated rings. The molecule has 0 aliphatic heterocycles. The second-order valence-corrected chi connectivity index (χ2v) is 11.2. The van der Waals surface area contributed by atoms with E-state index in [1.165, 1.54) is 44.9 Å². The van der Waals surface area contributed by atoms with Gasteiger partial charge in [-0.05, 0) is 111 Å². The van der Waals surface area contributed by atoms with Crippen LogP contribution in [0.3, 0.4) is 0 Å². The predicted molar refractivity (Wildman–Crippen MR) is 107 cm³/mol. The molecule has 0 saturated heterocycles. The Balaban J connectivity index is 1.51. The van der Waals surface area contributed by atoms with Crippen LogP contribution >= 0.6 is 0 Å². The summed E-state index contributed by atoms with van der Waals surface area (Å²) < 4.78 is 0. The minimum atomic E-state index is -0.643. The van der Waals surface area contributed by atoms with Crippen molar-refractivity contribution in [3.8, 4) is 0 Å². The van der Waals surface area contributed by atoms with Crippen LogP contribution < -0.4 is 0 Å². The summed E-state index contributed by atoms with van der Waals surface area (Å²) in [6.07, 6.45) is 12.4. The smallest absolute Gasteiger partial charge is 0.303 e. The first-order valence-electron chi connectivity index (χ1n) is 11.7. The van der Waals surface area contributed by atoms with Crippen LogP contribution in [0.15, 0.2) is 0 Å². The molecule has 4 rings (SSSR count). The fourth-order valence-corrected chi connectivity index (χ4v) is 8.76. The van der Waals surface area contributed by atoms with E-state index in [1.807, 2.05) is 0 Å². The Morgan fingerprint density at radius 2 is 1.70 bits per heavy atom. The van der Waals surface area contributed by atoms with Gasteiger partial charge in [-0.3, -0.25) is 4.79 Å². The molecule has 27 heavy (non-hydrogen) atoms. The summed E-state index contributed by atoms with van der Waals surface area (Å²) in [4.78, 5) is 11.0. The summed E-state index contributed by atoms with van der Waals surface area (Å²) in [5.74, 6) is 3.91. The van der Waals surface area contributed by atoms with Crippen molar-refractivity contribution in [3.63, 3.8) is 0 Å². The van der Waals surface area contributed by atoms with Crippen LogP contribution in [-0.2, 0) is 4.79 Å². The maximum atomic E-state index is 11.0. The molecule has 4 saturated carbocycles. The Bertz CT molecular complexity index is 574. The standard InChI is InChI=1S/C24H40O3/c1-15(4-9-22(26)27)19-7-8-20-18-6-5-16-14-17(25)10-12-23(16,2)21(18)11-13-24(19,20)3/h15-21,25H,4-14H2,1-3H3,(H,26,27)/t15-,16?,17?,18+,19-,20+,21+,23+,24-/m1/s1. The van der Waals surface area contributed by atoms with Crippen molar-refractivity contribution in [3.05, 3.63) is 0 Å². The van der Waals surface area contributed by atoms with E-state index in [9.17, 15) is 9.90 Å². The van der Waals surface area contributed by atoms with Gasteiger partial charge in [0.15, 0.2) is 0 Å². The second kappa shape index (κ2) is 7.04. The summed E-state index contributed by atoms with van der Waals surface area (Å²) in [6, 6.07) is 0. The summed E-state index contributed by atoms with van der Waals surface area (Å²) in [5, 5.41) is 19.3. The topological polar surface area (TPSA) is 57.5 Å². The van der Waals surface area contributed by atoms with E-state index in [1.54, 1.807) is 0 Å². The number of fused-ring (bicyclic) bond motifs is 5. The van der Waals surface area contributed by atoms with Crippen molar-refractivity contribution in [2.24, 2.45) is 46.3 Å². The number of rotatable bonds is 4. The molecule has 2 N–H and O–H groups in total. The lowest BCUT2D eigenvalue weighted by Gasteiger charge is -2.61. The maximum absolute atomic E-state index is 11.0. The average molecular weight is 377 g/mol. The summed E-state index contributed by atoms with van der Waals surface area (Å²) >= 11 is 0. The normalized spacial score (nSPS) is 50.4. The van der Waals surface area contributed by atoms with Gasteiger partial charge in [-0.2, -0.15) is 0 Å². The van der Waals surface area contributed by atoms with Gasteiger partial charge in [0.1, 0.15) is 0 Å². The Morgan fingerprint density at radius 3 is 2.44 bits per heavy atom. The quantitative estimate of drug-likeness (QED) is 0.680. The fraction of sp³-hybridized carbons (Fsp3) is 0.958. The van der Waals surface area contributed by atoms with Crippen LogP contribution in [0.25, 0.3) is 0 Å². The van der Waals surface area contributed by atoms with Crippen LogP contribution in [-0.4, -0.2) is 22.3 Å². The van der Waals surface area contributed by atoms with Gasteiger partial charge < -0.3 is 10.2 Å². The summed E-state index contributed by atoms with van der Waals surface area (Å²) in [7, 11) is 0. The highest BCUT2D eigenvalue weighted by Gasteiger charge is 2.60. The molecule has 0 amide bonds.